The first-order chi connectivity index (χ1) is 7.49. The van der Waals surface area contributed by atoms with Gasteiger partial charge >= 0.3 is 0 Å². The summed E-state index contributed by atoms with van der Waals surface area (Å²) in [4.78, 5) is 0.112. The highest BCUT2D eigenvalue weighted by Crippen LogP contribution is 2.37. The van der Waals surface area contributed by atoms with Gasteiger partial charge in [-0.1, -0.05) is 13.0 Å². The maximum Gasteiger partial charge on any atom is 0.240 e. The van der Waals surface area contributed by atoms with Gasteiger partial charge in [0.05, 0.1) is 4.90 Å². The Kier molecular flexibility index (Phi) is 2.90. The Hall–Kier alpha value is -1.07. The van der Waals surface area contributed by atoms with Gasteiger partial charge in [-0.3, -0.25) is 0 Å². The lowest BCUT2D eigenvalue weighted by molar-refractivity contribution is 0.473. The highest BCUT2D eigenvalue weighted by atomic mass is 32.2. The van der Waals surface area contributed by atoms with E-state index in [9.17, 15) is 13.5 Å². The Balaban J connectivity index is 2.06. The topological polar surface area (TPSA) is 66.4 Å². The van der Waals surface area contributed by atoms with Gasteiger partial charge < -0.3 is 5.11 Å². The van der Waals surface area contributed by atoms with Crippen LogP contribution in [0.3, 0.4) is 0 Å². The molecule has 2 rings (SSSR count). The number of phenolic OH excluding ortho intramolecular Hbond substituents is 1. The van der Waals surface area contributed by atoms with Crippen LogP contribution in [0.15, 0.2) is 29.2 Å². The van der Waals surface area contributed by atoms with E-state index in [2.05, 4.69) is 11.6 Å². The standard InChI is InChI=1S/C11H15NO3S/c1-8-5-9(8)7-12-16(14,15)11-4-2-3-10(13)6-11/h2-4,6,8-9,12-13H,5,7H2,1H3. The van der Waals surface area contributed by atoms with Crippen molar-refractivity contribution < 1.29 is 13.5 Å². The summed E-state index contributed by atoms with van der Waals surface area (Å²) in [5.41, 5.74) is 0. The number of aromatic hydroxyl groups is 1. The number of nitrogens with one attached hydrogen (secondary N) is 1. The van der Waals surface area contributed by atoms with Gasteiger partial charge in [0.2, 0.25) is 10.0 Å². The number of benzene rings is 1. The Labute approximate surface area is 95.4 Å². The second-order valence-corrected chi connectivity index (χ2v) is 6.09. The second-order valence-electron chi connectivity index (χ2n) is 4.32. The SMILES string of the molecule is CC1CC1CNS(=O)(=O)c1cccc(O)c1. The van der Waals surface area contributed by atoms with E-state index in [4.69, 9.17) is 0 Å². The average molecular weight is 241 g/mol. The number of hydrogen-bond acceptors (Lipinski definition) is 3. The lowest BCUT2D eigenvalue weighted by atomic mass is 10.3. The van der Waals surface area contributed by atoms with E-state index in [1.54, 1.807) is 0 Å². The number of phenols is 1. The molecule has 0 aromatic heterocycles. The quantitative estimate of drug-likeness (QED) is 0.835. The lowest BCUT2D eigenvalue weighted by Crippen LogP contribution is -2.26. The highest BCUT2D eigenvalue weighted by Gasteiger charge is 2.33. The summed E-state index contributed by atoms with van der Waals surface area (Å²) < 4.78 is 26.2. The van der Waals surface area contributed by atoms with Crippen LogP contribution in [0, 0.1) is 11.8 Å². The molecule has 0 aliphatic heterocycles. The van der Waals surface area contributed by atoms with Crippen molar-refractivity contribution >= 4 is 10.0 Å². The molecule has 0 spiro atoms. The van der Waals surface area contributed by atoms with Crippen molar-refractivity contribution in [1.29, 1.82) is 0 Å². The van der Waals surface area contributed by atoms with E-state index in [1.165, 1.54) is 24.3 Å². The molecule has 1 aromatic carbocycles. The van der Waals surface area contributed by atoms with Crippen molar-refractivity contribution in [3.05, 3.63) is 24.3 Å². The van der Waals surface area contributed by atoms with Crippen molar-refractivity contribution in [2.45, 2.75) is 18.2 Å². The molecule has 16 heavy (non-hydrogen) atoms. The summed E-state index contributed by atoms with van der Waals surface area (Å²) >= 11 is 0. The van der Waals surface area contributed by atoms with Crippen molar-refractivity contribution in [2.24, 2.45) is 11.8 Å². The number of sulfonamides is 1. The molecule has 1 aromatic rings. The van der Waals surface area contributed by atoms with Crippen LogP contribution in [0.4, 0.5) is 0 Å². The first-order valence-corrected chi connectivity index (χ1v) is 6.76. The zero-order valence-corrected chi connectivity index (χ0v) is 9.87. The summed E-state index contributed by atoms with van der Waals surface area (Å²) in [5, 5.41) is 9.22. The van der Waals surface area contributed by atoms with E-state index < -0.39 is 10.0 Å². The van der Waals surface area contributed by atoms with Gasteiger partial charge in [0.25, 0.3) is 0 Å². The Morgan fingerprint density at radius 3 is 2.75 bits per heavy atom. The monoisotopic (exact) mass is 241 g/mol. The smallest absolute Gasteiger partial charge is 0.240 e. The van der Waals surface area contributed by atoms with E-state index in [1.807, 2.05) is 0 Å². The molecule has 1 fully saturated rings. The van der Waals surface area contributed by atoms with Crippen molar-refractivity contribution in [1.82, 2.24) is 4.72 Å². The Morgan fingerprint density at radius 1 is 1.50 bits per heavy atom. The Morgan fingerprint density at radius 2 is 2.19 bits per heavy atom. The number of rotatable bonds is 4. The zero-order chi connectivity index (χ0) is 11.8. The molecule has 1 aliphatic carbocycles. The molecule has 4 nitrogen and oxygen atoms in total. The third-order valence-corrected chi connectivity index (χ3v) is 4.36. The third kappa shape index (κ3) is 2.54. The molecule has 2 unspecified atom stereocenters. The average Bonchev–Trinajstić information content (AvgIpc) is 2.92. The summed E-state index contributed by atoms with van der Waals surface area (Å²) in [6.45, 7) is 2.59. The summed E-state index contributed by atoms with van der Waals surface area (Å²) in [5.74, 6) is 1.04. The van der Waals surface area contributed by atoms with E-state index >= 15 is 0 Å². The molecular formula is C11H15NO3S. The fraction of sp³-hybridized carbons (Fsp3) is 0.455. The first-order valence-electron chi connectivity index (χ1n) is 5.28. The summed E-state index contributed by atoms with van der Waals surface area (Å²) in [6.07, 6.45) is 1.09. The van der Waals surface area contributed by atoms with E-state index in [0.717, 1.165) is 6.42 Å². The van der Waals surface area contributed by atoms with Crippen LogP contribution in [0.5, 0.6) is 5.75 Å². The van der Waals surface area contributed by atoms with Crippen LogP contribution >= 0.6 is 0 Å². The van der Waals surface area contributed by atoms with Crippen LogP contribution in [0.2, 0.25) is 0 Å². The molecule has 0 saturated heterocycles. The van der Waals surface area contributed by atoms with E-state index in [-0.39, 0.29) is 10.6 Å². The zero-order valence-electron chi connectivity index (χ0n) is 9.05. The maximum absolute atomic E-state index is 11.8. The third-order valence-electron chi connectivity index (χ3n) is 2.94. The first kappa shape index (κ1) is 11.4. The number of hydrogen-bond donors (Lipinski definition) is 2. The predicted molar refractivity (Wildman–Crippen MR) is 60.6 cm³/mol. The van der Waals surface area contributed by atoms with Gasteiger partial charge in [0, 0.05) is 6.54 Å². The predicted octanol–water partition coefficient (Wildman–Crippen LogP) is 1.33. The minimum absolute atomic E-state index is 0.0392. The molecule has 0 bridgehead atoms. The molecule has 88 valence electrons. The van der Waals surface area contributed by atoms with E-state index in [0.29, 0.717) is 18.4 Å². The van der Waals surface area contributed by atoms with Crippen molar-refractivity contribution in [3.63, 3.8) is 0 Å². The molecule has 0 radical (unpaired) electrons. The maximum atomic E-state index is 11.8. The summed E-state index contributed by atoms with van der Waals surface area (Å²) in [6, 6.07) is 5.68. The van der Waals surface area contributed by atoms with Crippen LogP contribution in [0.1, 0.15) is 13.3 Å². The second kappa shape index (κ2) is 4.07. The minimum atomic E-state index is -3.47. The molecule has 2 atom stereocenters. The minimum Gasteiger partial charge on any atom is -0.508 e. The molecule has 0 amide bonds. The largest absolute Gasteiger partial charge is 0.508 e. The molecule has 5 heteroatoms. The van der Waals surface area contributed by atoms with Gasteiger partial charge in [-0.15, -0.1) is 0 Å². The van der Waals surface area contributed by atoms with Crippen LogP contribution < -0.4 is 4.72 Å². The van der Waals surface area contributed by atoms with Gasteiger partial charge in [0.1, 0.15) is 5.75 Å². The van der Waals surface area contributed by atoms with Crippen LogP contribution in [-0.4, -0.2) is 20.1 Å². The van der Waals surface area contributed by atoms with Gasteiger partial charge in [-0.25, -0.2) is 13.1 Å². The Bertz CT molecular complexity index is 484. The van der Waals surface area contributed by atoms with Crippen molar-refractivity contribution in [3.8, 4) is 5.75 Å². The molecule has 0 heterocycles. The van der Waals surface area contributed by atoms with Crippen LogP contribution in [-0.2, 0) is 10.0 Å². The van der Waals surface area contributed by atoms with Gasteiger partial charge in [0.15, 0.2) is 0 Å². The fourth-order valence-electron chi connectivity index (χ4n) is 1.63. The van der Waals surface area contributed by atoms with Gasteiger partial charge in [-0.2, -0.15) is 0 Å². The van der Waals surface area contributed by atoms with Gasteiger partial charge in [-0.05, 0) is 36.5 Å². The molecule has 1 aliphatic rings. The summed E-state index contributed by atoms with van der Waals surface area (Å²) in [7, 11) is -3.47. The van der Waals surface area contributed by atoms with Crippen LogP contribution in [0.25, 0.3) is 0 Å². The normalized spacial score (nSPS) is 24.3. The van der Waals surface area contributed by atoms with Crippen molar-refractivity contribution in [2.75, 3.05) is 6.54 Å². The molecule has 2 N–H and O–H groups in total. The molecule has 1 saturated carbocycles. The lowest BCUT2D eigenvalue weighted by Gasteiger charge is -2.06. The molecular weight excluding hydrogens is 226 g/mol. The highest BCUT2D eigenvalue weighted by molar-refractivity contribution is 7.89. The fourth-order valence-corrected chi connectivity index (χ4v) is 2.77.